The molecule has 21 heavy (non-hydrogen) atoms. The van der Waals surface area contributed by atoms with E-state index in [0.29, 0.717) is 23.6 Å². The van der Waals surface area contributed by atoms with Crippen LogP contribution in [0.1, 0.15) is 18.5 Å². The van der Waals surface area contributed by atoms with Crippen molar-refractivity contribution in [1.29, 1.82) is 0 Å². The second-order valence-electron chi connectivity index (χ2n) is 4.35. The second-order valence-corrected chi connectivity index (χ2v) is 4.35. The smallest absolute Gasteiger partial charge is 0.411 e. The Hall–Kier alpha value is -1.47. The van der Waals surface area contributed by atoms with Crippen molar-refractivity contribution in [2.45, 2.75) is 19.1 Å². The maximum atomic E-state index is 12.2. The largest absolute Gasteiger partial charge is 0.497 e. The van der Waals surface area contributed by atoms with Crippen LogP contribution in [0, 0.1) is 0 Å². The Kier molecular flexibility index (Phi) is 6.77. The van der Waals surface area contributed by atoms with Crippen LogP contribution in [0.15, 0.2) is 18.2 Å². The average molecular weight is 307 g/mol. The van der Waals surface area contributed by atoms with Gasteiger partial charge in [0.25, 0.3) is 0 Å². The van der Waals surface area contributed by atoms with Crippen molar-refractivity contribution in [2.24, 2.45) is 0 Å². The molecule has 1 aromatic rings. The first-order valence-corrected chi connectivity index (χ1v) is 6.51. The summed E-state index contributed by atoms with van der Waals surface area (Å²) in [6.07, 6.45) is -4.34. The zero-order chi connectivity index (χ0) is 15.9. The molecule has 0 heterocycles. The molecule has 0 amide bonds. The SMILES string of the molecule is CCNC(COCC(F)(F)F)c1cc(OC)ccc1OC. The van der Waals surface area contributed by atoms with E-state index in [9.17, 15) is 13.2 Å². The van der Waals surface area contributed by atoms with Gasteiger partial charge in [-0.3, -0.25) is 0 Å². The van der Waals surface area contributed by atoms with Crippen LogP contribution >= 0.6 is 0 Å². The molecule has 1 rings (SSSR count). The molecule has 0 aromatic heterocycles. The van der Waals surface area contributed by atoms with Crippen molar-refractivity contribution in [2.75, 3.05) is 34.0 Å². The van der Waals surface area contributed by atoms with E-state index in [0.717, 1.165) is 0 Å². The highest BCUT2D eigenvalue weighted by Crippen LogP contribution is 2.30. The molecule has 0 aliphatic rings. The van der Waals surface area contributed by atoms with E-state index >= 15 is 0 Å². The van der Waals surface area contributed by atoms with E-state index in [1.165, 1.54) is 14.2 Å². The van der Waals surface area contributed by atoms with E-state index in [2.05, 4.69) is 5.32 Å². The third-order valence-corrected chi connectivity index (χ3v) is 2.81. The molecule has 0 fully saturated rings. The van der Waals surface area contributed by atoms with E-state index in [-0.39, 0.29) is 6.61 Å². The lowest BCUT2D eigenvalue weighted by molar-refractivity contribution is -0.175. The maximum Gasteiger partial charge on any atom is 0.411 e. The first-order chi connectivity index (χ1) is 9.91. The summed E-state index contributed by atoms with van der Waals surface area (Å²) >= 11 is 0. The molecule has 0 saturated heterocycles. The number of methoxy groups -OCH3 is 2. The van der Waals surface area contributed by atoms with Crippen molar-refractivity contribution in [3.8, 4) is 11.5 Å². The molecular formula is C14H20F3NO3. The summed E-state index contributed by atoms with van der Waals surface area (Å²) in [6.45, 7) is 1.06. The average Bonchev–Trinajstić information content (AvgIpc) is 2.44. The lowest BCUT2D eigenvalue weighted by Gasteiger charge is -2.21. The van der Waals surface area contributed by atoms with E-state index in [1.807, 2.05) is 6.92 Å². The van der Waals surface area contributed by atoms with Crippen LogP contribution in [-0.4, -0.2) is 40.2 Å². The van der Waals surface area contributed by atoms with Crippen molar-refractivity contribution < 1.29 is 27.4 Å². The maximum absolute atomic E-state index is 12.2. The van der Waals surface area contributed by atoms with Crippen molar-refractivity contribution in [3.63, 3.8) is 0 Å². The summed E-state index contributed by atoms with van der Waals surface area (Å²) < 4.78 is 51.6. The van der Waals surface area contributed by atoms with Crippen LogP contribution in [0.2, 0.25) is 0 Å². The molecular weight excluding hydrogens is 287 g/mol. The lowest BCUT2D eigenvalue weighted by Crippen LogP contribution is -2.28. The Bertz CT molecular complexity index is 438. The van der Waals surface area contributed by atoms with Gasteiger partial charge in [0, 0.05) is 5.56 Å². The Morgan fingerprint density at radius 3 is 2.43 bits per heavy atom. The van der Waals surface area contributed by atoms with Gasteiger partial charge in [0.1, 0.15) is 18.1 Å². The van der Waals surface area contributed by atoms with E-state index < -0.39 is 18.8 Å². The molecule has 1 aromatic carbocycles. The number of likely N-dealkylation sites (N-methyl/N-ethyl adjacent to an activating group) is 1. The first-order valence-electron chi connectivity index (χ1n) is 6.51. The molecule has 0 aliphatic heterocycles. The number of benzene rings is 1. The molecule has 0 bridgehead atoms. The van der Waals surface area contributed by atoms with Gasteiger partial charge in [0.05, 0.1) is 26.9 Å². The molecule has 4 nitrogen and oxygen atoms in total. The molecule has 120 valence electrons. The van der Waals surface area contributed by atoms with Crippen molar-refractivity contribution in [3.05, 3.63) is 23.8 Å². The molecule has 1 atom stereocenters. The van der Waals surface area contributed by atoms with E-state index in [4.69, 9.17) is 14.2 Å². The quantitative estimate of drug-likeness (QED) is 0.801. The summed E-state index contributed by atoms with van der Waals surface area (Å²) in [4.78, 5) is 0. The first kappa shape index (κ1) is 17.6. The summed E-state index contributed by atoms with van der Waals surface area (Å²) in [5, 5.41) is 3.08. The summed E-state index contributed by atoms with van der Waals surface area (Å²) in [6, 6.07) is 4.75. The fraction of sp³-hybridized carbons (Fsp3) is 0.571. The fourth-order valence-corrected chi connectivity index (χ4v) is 1.91. The van der Waals surface area contributed by atoms with Gasteiger partial charge >= 0.3 is 6.18 Å². The molecule has 0 saturated carbocycles. The van der Waals surface area contributed by atoms with Crippen molar-refractivity contribution in [1.82, 2.24) is 5.32 Å². The predicted molar refractivity (Wildman–Crippen MR) is 72.8 cm³/mol. The Morgan fingerprint density at radius 1 is 1.19 bits per heavy atom. The summed E-state index contributed by atoms with van der Waals surface area (Å²) in [5.74, 6) is 1.17. The number of ether oxygens (including phenoxy) is 3. The molecule has 0 radical (unpaired) electrons. The van der Waals surface area contributed by atoms with Gasteiger partial charge in [-0.1, -0.05) is 6.92 Å². The van der Waals surface area contributed by atoms with Gasteiger partial charge in [-0.15, -0.1) is 0 Å². The van der Waals surface area contributed by atoms with E-state index in [1.54, 1.807) is 18.2 Å². The zero-order valence-electron chi connectivity index (χ0n) is 12.3. The number of alkyl halides is 3. The molecule has 1 N–H and O–H groups in total. The molecule has 0 spiro atoms. The third-order valence-electron chi connectivity index (χ3n) is 2.81. The molecule has 0 aliphatic carbocycles. The minimum atomic E-state index is -4.34. The topological polar surface area (TPSA) is 39.7 Å². The summed E-state index contributed by atoms with van der Waals surface area (Å²) in [5.41, 5.74) is 0.695. The monoisotopic (exact) mass is 307 g/mol. The zero-order valence-corrected chi connectivity index (χ0v) is 12.3. The standard InChI is InChI=1S/C14H20F3NO3/c1-4-18-12(8-21-9-14(15,16)17)11-7-10(19-2)5-6-13(11)20-3/h5-7,12,18H,4,8-9H2,1-3H3. The highest BCUT2D eigenvalue weighted by atomic mass is 19.4. The Labute approximate surface area is 122 Å². The highest BCUT2D eigenvalue weighted by molar-refractivity contribution is 5.42. The second kappa shape index (κ2) is 8.09. The third kappa shape index (κ3) is 5.81. The fourth-order valence-electron chi connectivity index (χ4n) is 1.91. The van der Waals surface area contributed by atoms with Crippen LogP contribution in [0.5, 0.6) is 11.5 Å². The predicted octanol–water partition coefficient (Wildman–Crippen LogP) is 2.93. The molecule has 7 heteroatoms. The van der Waals surface area contributed by atoms with Crippen LogP contribution in [0.25, 0.3) is 0 Å². The minimum Gasteiger partial charge on any atom is -0.497 e. The van der Waals surface area contributed by atoms with Crippen LogP contribution < -0.4 is 14.8 Å². The Balaban J connectivity index is 2.88. The van der Waals surface area contributed by atoms with Crippen LogP contribution in [0.3, 0.4) is 0 Å². The Morgan fingerprint density at radius 2 is 1.90 bits per heavy atom. The van der Waals surface area contributed by atoms with Gasteiger partial charge in [-0.25, -0.2) is 0 Å². The van der Waals surface area contributed by atoms with Crippen molar-refractivity contribution >= 4 is 0 Å². The van der Waals surface area contributed by atoms with Gasteiger partial charge in [-0.2, -0.15) is 13.2 Å². The lowest BCUT2D eigenvalue weighted by atomic mass is 10.1. The van der Waals surface area contributed by atoms with Gasteiger partial charge in [-0.05, 0) is 24.7 Å². The van der Waals surface area contributed by atoms with Gasteiger partial charge < -0.3 is 19.5 Å². The van der Waals surface area contributed by atoms with Gasteiger partial charge in [0.15, 0.2) is 0 Å². The normalized spacial score (nSPS) is 13.0. The number of halogens is 3. The number of nitrogens with one attached hydrogen (secondary N) is 1. The number of hydrogen-bond acceptors (Lipinski definition) is 4. The van der Waals surface area contributed by atoms with Gasteiger partial charge in [0.2, 0.25) is 0 Å². The van der Waals surface area contributed by atoms with Crippen LogP contribution in [-0.2, 0) is 4.74 Å². The number of rotatable bonds is 8. The minimum absolute atomic E-state index is 0.114. The highest BCUT2D eigenvalue weighted by Gasteiger charge is 2.28. The molecule has 1 unspecified atom stereocenters. The number of hydrogen-bond donors (Lipinski definition) is 1. The van der Waals surface area contributed by atoms with Crippen LogP contribution in [0.4, 0.5) is 13.2 Å². The summed E-state index contributed by atoms with van der Waals surface area (Å²) in [7, 11) is 3.03.